The number of nitrogens with one attached hydrogen (secondary N) is 2. The Hall–Kier alpha value is -4.39. The van der Waals surface area contributed by atoms with Gasteiger partial charge in [0.1, 0.15) is 0 Å². The first-order chi connectivity index (χ1) is 19.1. The molecule has 40 heavy (non-hydrogen) atoms. The Morgan fingerprint density at radius 2 is 1.50 bits per heavy atom. The molecule has 2 N–H and O–H groups in total. The first-order valence-electron chi connectivity index (χ1n) is 13.2. The number of hydrogen-bond acceptors (Lipinski definition) is 2. The average Bonchev–Trinajstić information content (AvgIpc) is 2.95. The number of carbonyl (C=O) groups is 2. The number of amides is 2. The number of rotatable bonds is 9. The minimum Gasteiger partial charge on any atom is -0.352 e. The fourth-order valence-electron chi connectivity index (χ4n) is 4.37. The van der Waals surface area contributed by atoms with Gasteiger partial charge in [-0.1, -0.05) is 74.5 Å². The van der Waals surface area contributed by atoms with Gasteiger partial charge >= 0.3 is 6.18 Å². The maximum atomic E-state index is 13.1. The van der Waals surface area contributed by atoms with Crippen molar-refractivity contribution in [2.24, 2.45) is 0 Å². The summed E-state index contributed by atoms with van der Waals surface area (Å²) in [5, 5.41) is 5.73. The van der Waals surface area contributed by atoms with Crippen LogP contribution in [0.3, 0.4) is 0 Å². The van der Waals surface area contributed by atoms with Crippen LogP contribution in [0.15, 0.2) is 97.1 Å². The molecule has 4 aromatic rings. The van der Waals surface area contributed by atoms with E-state index in [1.165, 1.54) is 23.3 Å². The van der Waals surface area contributed by atoms with E-state index in [2.05, 4.69) is 48.7 Å². The third-order valence-corrected chi connectivity index (χ3v) is 6.65. The van der Waals surface area contributed by atoms with Crippen LogP contribution in [-0.4, -0.2) is 18.4 Å². The highest BCUT2D eigenvalue weighted by atomic mass is 19.4. The van der Waals surface area contributed by atoms with Crippen molar-refractivity contribution < 1.29 is 22.8 Å². The normalized spacial score (nSPS) is 11.3. The maximum absolute atomic E-state index is 13.1. The summed E-state index contributed by atoms with van der Waals surface area (Å²) in [4.78, 5) is 25.8. The topological polar surface area (TPSA) is 58.2 Å². The summed E-state index contributed by atoms with van der Waals surface area (Å²) in [7, 11) is 0. The van der Waals surface area contributed by atoms with Gasteiger partial charge in [0.25, 0.3) is 11.8 Å². The van der Waals surface area contributed by atoms with Crippen molar-refractivity contribution in [3.8, 4) is 11.1 Å². The van der Waals surface area contributed by atoms with Crippen LogP contribution in [0.5, 0.6) is 0 Å². The molecule has 4 nitrogen and oxygen atoms in total. The van der Waals surface area contributed by atoms with E-state index in [1.54, 1.807) is 48.5 Å². The van der Waals surface area contributed by atoms with Gasteiger partial charge in [-0.2, -0.15) is 13.2 Å². The predicted molar refractivity (Wildman–Crippen MR) is 152 cm³/mol. The van der Waals surface area contributed by atoms with Crippen LogP contribution in [0.25, 0.3) is 11.1 Å². The van der Waals surface area contributed by atoms with Crippen LogP contribution in [-0.2, 0) is 12.6 Å². The molecule has 0 saturated heterocycles. The number of carbonyl (C=O) groups excluding carboxylic acids is 2. The van der Waals surface area contributed by atoms with Gasteiger partial charge in [0.05, 0.1) is 5.56 Å². The number of aryl methyl sites for hydroxylation is 1. The molecule has 0 atom stereocenters. The molecule has 2 amide bonds. The molecule has 206 valence electrons. The molecule has 4 rings (SSSR count). The van der Waals surface area contributed by atoms with Gasteiger partial charge in [0.15, 0.2) is 0 Å². The molecular weight excluding hydrogens is 513 g/mol. The van der Waals surface area contributed by atoms with Crippen molar-refractivity contribution in [1.29, 1.82) is 0 Å². The fourth-order valence-corrected chi connectivity index (χ4v) is 4.37. The Labute approximate surface area is 232 Å². The Kier molecular flexibility index (Phi) is 9.04. The second-order valence-corrected chi connectivity index (χ2v) is 9.91. The molecule has 0 aliphatic rings. The lowest BCUT2D eigenvalue weighted by Crippen LogP contribution is -2.25. The summed E-state index contributed by atoms with van der Waals surface area (Å²) in [5.74, 6) is -0.185. The zero-order valence-electron chi connectivity index (χ0n) is 22.4. The van der Waals surface area contributed by atoms with Crippen LogP contribution in [0.2, 0.25) is 0 Å². The Bertz CT molecular complexity index is 1460. The summed E-state index contributed by atoms with van der Waals surface area (Å²) < 4.78 is 38.9. The highest BCUT2D eigenvalue weighted by molar-refractivity contribution is 6.09. The van der Waals surface area contributed by atoms with Crippen molar-refractivity contribution >= 4 is 17.5 Å². The van der Waals surface area contributed by atoms with E-state index in [-0.39, 0.29) is 5.91 Å². The molecule has 0 aromatic heterocycles. The molecule has 0 aliphatic carbocycles. The Morgan fingerprint density at radius 3 is 2.17 bits per heavy atom. The minimum atomic E-state index is -4.44. The van der Waals surface area contributed by atoms with Crippen LogP contribution >= 0.6 is 0 Å². The van der Waals surface area contributed by atoms with Gasteiger partial charge in [-0.3, -0.25) is 9.59 Å². The lowest BCUT2D eigenvalue weighted by atomic mass is 9.98. The van der Waals surface area contributed by atoms with E-state index in [4.69, 9.17) is 0 Å². The molecular formula is C33H31F3N2O2. The zero-order valence-corrected chi connectivity index (χ0v) is 22.4. The second kappa shape index (κ2) is 12.6. The van der Waals surface area contributed by atoms with Crippen molar-refractivity contribution in [2.45, 2.75) is 38.8 Å². The molecule has 0 aliphatic heterocycles. The smallest absolute Gasteiger partial charge is 0.352 e. The highest BCUT2D eigenvalue weighted by Crippen LogP contribution is 2.32. The molecule has 0 bridgehead atoms. The van der Waals surface area contributed by atoms with Gasteiger partial charge in [0, 0.05) is 23.4 Å². The third kappa shape index (κ3) is 7.38. The SMILES string of the molecule is CC(C)c1ccc(CCCNC(=O)c2cccc(NC(=O)c3ccccc3-c3ccc(C(F)(F)F)cc3)c2)cc1. The predicted octanol–water partition coefficient (Wildman–Crippen LogP) is 8.11. The van der Waals surface area contributed by atoms with E-state index in [9.17, 15) is 22.8 Å². The summed E-state index contributed by atoms with van der Waals surface area (Å²) >= 11 is 0. The van der Waals surface area contributed by atoms with E-state index >= 15 is 0 Å². The lowest BCUT2D eigenvalue weighted by Gasteiger charge is -2.13. The van der Waals surface area contributed by atoms with Crippen LogP contribution < -0.4 is 10.6 Å². The van der Waals surface area contributed by atoms with Gasteiger partial charge in [-0.15, -0.1) is 0 Å². The van der Waals surface area contributed by atoms with E-state index < -0.39 is 17.6 Å². The van der Waals surface area contributed by atoms with Crippen LogP contribution in [0.1, 0.15) is 63.6 Å². The first kappa shape index (κ1) is 28.6. The standard InChI is InChI=1S/C33H31F3N2O2/c1-22(2)24-14-12-23(13-15-24)7-6-20-37-31(39)26-8-5-9-28(21-26)38-32(40)30-11-4-3-10-29(30)25-16-18-27(19-17-25)33(34,35)36/h3-5,8-19,21-22H,6-7,20H2,1-2H3,(H,37,39)(H,38,40). The monoisotopic (exact) mass is 544 g/mol. The summed E-state index contributed by atoms with van der Waals surface area (Å²) in [5.41, 5.74) is 3.91. The molecule has 0 radical (unpaired) electrons. The summed E-state index contributed by atoms with van der Waals surface area (Å²) in [6, 6.07) is 26.5. The quantitative estimate of drug-likeness (QED) is 0.209. The van der Waals surface area contributed by atoms with Crippen molar-refractivity contribution in [1.82, 2.24) is 5.32 Å². The van der Waals surface area contributed by atoms with Crippen LogP contribution in [0, 0.1) is 0 Å². The van der Waals surface area contributed by atoms with Gasteiger partial charge in [0.2, 0.25) is 0 Å². The number of alkyl halides is 3. The summed E-state index contributed by atoms with van der Waals surface area (Å²) in [6.45, 7) is 4.84. The number of halogens is 3. The fraction of sp³-hybridized carbons (Fsp3) is 0.212. The molecule has 0 spiro atoms. The average molecular weight is 545 g/mol. The lowest BCUT2D eigenvalue weighted by molar-refractivity contribution is -0.137. The minimum absolute atomic E-state index is 0.239. The molecule has 0 unspecified atom stereocenters. The molecule has 0 saturated carbocycles. The van der Waals surface area contributed by atoms with Gasteiger partial charge < -0.3 is 10.6 Å². The number of hydrogen-bond donors (Lipinski definition) is 2. The van der Waals surface area contributed by atoms with Crippen molar-refractivity contribution in [3.63, 3.8) is 0 Å². The molecule has 7 heteroatoms. The largest absolute Gasteiger partial charge is 0.416 e. The molecule has 0 heterocycles. The Morgan fingerprint density at radius 1 is 0.800 bits per heavy atom. The second-order valence-electron chi connectivity index (χ2n) is 9.91. The summed E-state index contributed by atoms with van der Waals surface area (Å²) in [6.07, 6.45) is -2.79. The van der Waals surface area contributed by atoms with Crippen LogP contribution in [0.4, 0.5) is 18.9 Å². The Balaban J connectivity index is 1.36. The van der Waals surface area contributed by atoms with E-state index in [1.807, 2.05) is 0 Å². The molecule has 0 fully saturated rings. The third-order valence-electron chi connectivity index (χ3n) is 6.65. The van der Waals surface area contributed by atoms with E-state index in [0.717, 1.165) is 25.0 Å². The van der Waals surface area contributed by atoms with Gasteiger partial charge in [-0.05, 0) is 77.4 Å². The van der Waals surface area contributed by atoms with Gasteiger partial charge in [-0.25, -0.2) is 0 Å². The van der Waals surface area contributed by atoms with E-state index in [0.29, 0.717) is 40.4 Å². The highest BCUT2D eigenvalue weighted by Gasteiger charge is 2.30. The number of anilines is 1. The number of benzene rings is 4. The first-order valence-corrected chi connectivity index (χ1v) is 13.2. The molecule has 4 aromatic carbocycles. The zero-order chi connectivity index (χ0) is 28.7. The van der Waals surface area contributed by atoms with Crippen molar-refractivity contribution in [3.05, 3.63) is 125 Å². The van der Waals surface area contributed by atoms with Crippen molar-refractivity contribution in [2.75, 3.05) is 11.9 Å². The maximum Gasteiger partial charge on any atom is 0.416 e.